The van der Waals surface area contributed by atoms with E-state index in [-0.39, 0.29) is 17.2 Å². The van der Waals surface area contributed by atoms with E-state index in [4.69, 9.17) is 8.83 Å². The molecule has 6 heteroatoms. The van der Waals surface area contributed by atoms with Gasteiger partial charge in [0, 0.05) is 11.5 Å². The number of aromatic hydroxyl groups is 1. The fraction of sp³-hybridized carbons (Fsp3) is 0.150. The maximum Gasteiger partial charge on any atom is 0.336 e. The van der Waals surface area contributed by atoms with Gasteiger partial charge < -0.3 is 13.9 Å². The highest BCUT2D eigenvalue weighted by molar-refractivity contribution is 6.08. The third kappa shape index (κ3) is 2.65. The van der Waals surface area contributed by atoms with Crippen LogP contribution < -0.4 is 5.63 Å². The predicted molar refractivity (Wildman–Crippen MR) is 98.7 cm³/mol. The molecule has 0 saturated heterocycles. The second-order valence-electron chi connectivity index (χ2n) is 6.04. The molecular formula is C20H16N2O4. The van der Waals surface area contributed by atoms with E-state index in [2.05, 4.69) is 17.2 Å². The van der Waals surface area contributed by atoms with E-state index < -0.39 is 5.63 Å². The molecule has 0 radical (unpaired) electrons. The summed E-state index contributed by atoms with van der Waals surface area (Å²) < 4.78 is 10.9. The maximum atomic E-state index is 11.7. The van der Waals surface area contributed by atoms with Crippen LogP contribution in [0.4, 0.5) is 11.6 Å². The van der Waals surface area contributed by atoms with Crippen molar-refractivity contribution in [3.8, 4) is 5.75 Å². The minimum absolute atomic E-state index is 0.0313. The second kappa shape index (κ2) is 6.15. The highest BCUT2D eigenvalue weighted by atomic mass is 16.4. The fourth-order valence-corrected chi connectivity index (χ4v) is 2.90. The lowest BCUT2D eigenvalue weighted by Gasteiger charge is -2.00. The Kier molecular flexibility index (Phi) is 3.80. The average molecular weight is 348 g/mol. The molecule has 0 aliphatic carbocycles. The summed E-state index contributed by atoms with van der Waals surface area (Å²) in [6.07, 6.45) is 0.944. The van der Waals surface area contributed by atoms with Gasteiger partial charge in [0.25, 0.3) is 5.88 Å². The molecule has 0 amide bonds. The molecule has 2 heterocycles. The Morgan fingerprint density at radius 1 is 1.04 bits per heavy atom. The summed E-state index contributed by atoms with van der Waals surface area (Å²) in [5, 5.41) is 19.7. The van der Waals surface area contributed by atoms with Crippen molar-refractivity contribution in [2.75, 3.05) is 0 Å². The molecular weight excluding hydrogens is 332 g/mol. The Hall–Kier alpha value is -3.41. The van der Waals surface area contributed by atoms with E-state index in [1.165, 1.54) is 11.6 Å². The van der Waals surface area contributed by atoms with Gasteiger partial charge in [0.05, 0.1) is 5.69 Å². The molecule has 6 nitrogen and oxygen atoms in total. The molecule has 26 heavy (non-hydrogen) atoms. The number of furan rings is 1. The number of fused-ring (bicyclic) bond motifs is 3. The van der Waals surface area contributed by atoms with Crippen LogP contribution in [0.2, 0.25) is 0 Å². The zero-order valence-electron chi connectivity index (χ0n) is 14.3. The van der Waals surface area contributed by atoms with Crippen LogP contribution in [-0.4, -0.2) is 5.11 Å². The van der Waals surface area contributed by atoms with Gasteiger partial charge in [-0.05, 0) is 48.7 Å². The third-order valence-electron chi connectivity index (χ3n) is 4.33. The normalized spacial score (nSPS) is 11.8. The SMILES string of the molecule is CCc1ccc(N=Nc2oc3ccc4c(C)cc(=O)oc4c3c2O)cc1. The molecule has 0 unspecified atom stereocenters. The van der Waals surface area contributed by atoms with Crippen molar-refractivity contribution in [1.29, 1.82) is 0 Å². The zero-order valence-corrected chi connectivity index (χ0v) is 14.3. The Balaban J connectivity index is 1.83. The number of aryl methyl sites for hydroxylation is 2. The molecule has 130 valence electrons. The van der Waals surface area contributed by atoms with Crippen LogP contribution in [-0.2, 0) is 6.42 Å². The summed E-state index contributed by atoms with van der Waals surface area (Å²) in [5.74, 6) is -0.232. The van der Waals surface area contributed by atoms with E-state index in [9.17, 15) is 9.90 Å². The summed E-state index contributed by atoms with van der Waals surface area (Å²) in [7, 11) is 0. The molecule has 0 aliphatic rings. The van der Waals surface area contributed by atoms with Crippen molar-refractivity contribution in [2.45, 2.75) is 20.3 Å². The van der Waals surface area contributed by atoms with E-state index in [0.717, 1.165) is 17.4 Å². The zero-order chi connectivity index (χ0) is 18.3. The van der Waals surface area contributed by atoms with Gasteiger partial charge in [0.15, 0.2) is 11.3 Å². The smallest absolute Gasteiger partial charge is 0.336 e. The molecule has 0 saturated carbocycles. The second-order valence-corrected chi connectivity index (χ2v) is 6.04. The lowest BCUT2D eigenvalue weighted by Crippen LogP contribution is -1.97. The Morgan fingerprint density at radius 3 is 2.54 bits per heavy atom. The minimum Gasteiger partial charge on any atom is -0.502 e. The lowest BCUT2D eigenvalue weighted by molar-refractivity contribution is 0.467. The van der Waals surface area contributed by atoms with Gasteiger partial charge in [0.1, 0.15) is 11.0 Å². The van der Waals surface area contributed by atoms with Gasteiger partial charge in [-0.15, -0.1) is 10.2 Å². The van der Waals surface area contributed by atoms with Crippen molar-refractivity contribution >= 4 is 33.5 Å². The van der Waals surface area contributed by atoms with Gasteiger partial charge in [0.2, 0.25) is 0 Å². The van der Waals surface area contributed by atoms with Crippen molar-refractivity contribution in [3.05, 3.63) is 64.0 Å². The third-order valence-corrected chi connectivity index (χ3v) is 4.33. The van der Waals surface area contributed by atoms with E-state index >= 15 is 0 Å². The number of hydrogen-bond acceptors (Lipinski definition) is 6. The van der Waals surface area contributed by atoms with Gasteiger partial charge in [-0.25, -0.2) is 4.79 Å². The summed E-state index contributed by atoms with van der Waals surface area (Å²) in [6.45, 7) is 3.89. The number of nitrogens with zero attached hydrogens (tertiary/aromatic N) is 2. The average Bonchev–Trinajstić information content (AvgIpc) is 2.96. The van der Waals surface area contributed by atoms with Gasteiger partial charge >= 0.3 is 5.63 Å². The molecule has 2 aromatic heterocycles. The molecule has 0 aliphatic heterocycles. The summed E-state index contributed by atoms with van der Waals surface area (Å²) in [5.41, 5.74) is 2.78. The quantitative estimate of drug-likeness (QED) is 0.389. The highest BCUT2D eigenvalue weighted by Crippen LogP contribution is 2.42. The fourth-order valence-electron chi connectivity index (χ4n) is 2.90. The summed E-state index contributed by atoms with van der Waals surface area (Å²) in [6, 6.07) is 12.5. The molecule has 0 fully saturated rings. The minimum atomic E-state index is -0.484. The van der Waals surface area contributed by atoms with Crippen LogP contribution in [0.25, 0.3) is 21.9 Å². The topological polar surface area (TPSA) is 88.3 Å². The number of benzene rings is 2. The Bertz CT molecular complexity index is 1200. The first kappa shape index (κ1) is 16.1. The van der Waals surface area contributed by atoms with E-state index in [1.54, 1.807) is 12.1 Å². The number of azo groups is 1. The molecule has 2 aromatic carbocycles. The van der Waals surface area contributed by atoms with Crippen molar-refractivity contribution in [3.63, 3.8) is 0 Å². The first-order valence-corrected chi connectivity index (χ1v) is 8.26. The van der Waals surface area contributed by atoms with Crippen LogP contribution in [0.1, 0.15) is 18.1 Å². The number of rotatable bonds is 3. The van der Waals surface area contributed by atoms with Crippen LogP contribution in [0.5, 0.6) is 5.75 Å². The molecule has 4 rings (SSSR count). The van der Waals surface area contributed by atoms with Crippen molar-refractivity contribution < 1.29 is 13.9 Å². The molecule has 0 spiro atoms. The Morgan fingerprint density at radius 2 is 1.81 bits per heavy atom. The first-order chi connectivity index (χ1) is 12.6. The first-order valence-electron chi connectivity index (χ1n) is 8.26. The van der Waals surface area contributed by atoms with Gasteiger partial charge in [-0.1, -0.05) is 19.1 Å². The maximum absolute atomic E-state index is 11.7. The summed E-state index contributed by atoms with van der Waals surface area (Å²) >= 11 is 0. The molecule has 0 bridgehead atoms. The standard InChI is InChI=1S/C20H16N2O4/c1-3-12-4-6-13(7-5-12)21-22-20-18(24)17-15(25-20)9-8-14-11(2)10-16(23)26-19(14)17/h4-10,24H,3H2,1-2H3. The van der Waals surface area contributed by atoms with Crippen LogP contribution in [0, 0.1) is 6.92 Å². The van der Waals surface area contributed by atoms with Gasteiger partial charge in [-0.3, -0.25) is 0 Å². The monoisotopic (exact) mass is 348 g/mol. The van der Waals surface area contributed by atoms with E-state index in [0.29, 0.717) is 16.7 Å². The largest absolute Gasteiger partial charge is 0.502 e. The van der Waals surface area contributed by atoms with Crippen LogP contribution in [0.15, 0.2) is 66.3 Å². The molecule has 0 atom stereocenters. The van der Waals surface area contributed by atoms with Crippen molar-refractivity contribution in [2.24, 2.45) is 10.2 Å². The van der Waals surface area contributed by atoms with Crippen molar-refractivity contribution in [1.82, 2.24) is 0 Å². The predicted octanol–water partition coefficient (Wildman–Crippen LogP) is 5.53. The van der Waals surface area contributed by atoms with Crippen LogP contribution in [0.3, 0.4) is 0 Å². The Labute approximate surface area is 148 Å². The highest BCUT2D eigenvalue weighted by Gasteiger charge is 2.18. The number of hydrogen-bond donors (Lipinski definition) is 1. The molecule has 4 aromatic rings. The van der Waals surface area contributed by atoms with E-state index in [1.807, 2.05) is 31.2 Å². The molecule has 1 N–H and O–H groups in total. The van der Waals surface area contributed by atoms with Crippen LogP contribution >= 0.6 is 0 Å². The summed E-state index contributed by atoms with van der Waals surface area (Å²) in [4.78, 5) is 11.7. The lowest BCUT2D eigenvalue weighted by atomic mass is 10.1. The van der Waals surface area contributed by atoms with Gasteiger partial charge in [-0.2, -0.15) is 0 Å².